The third-order valence-electron chi connectivity index (χ3n) is 11.6. The van der Waals surface area contributed by atoms with Crippen LogP contribution >= 0.6 is 0 Å². The molecule has 9 atom stereocenters. The minimum atomic E-state index is 0.351. The monoisotopic (exact) mass is 400 g/mol. The predicted molar refractivity (Wildman–Crippen MR) is 122 cm³/mol. The fourth-order valence-corrected chi connectivity index (χ4v) is 9.70. The van der Waals surface area contributed by atoms with Gasteiger partial charge in [0, 0.05) is 0 Å². The van der Waals surface area contributed by atoms with Crippen LogP contribution in [0.15, 0.2) is 0 Å². The zero-order valence-corrected chi connectivity index (χ0v) is 20.1. The summed E-state index contributed by atoms with van der Waals surface area (Å²) in [6, 6.07) is 0. The highest BCUT2D eigenvalue weighted by Crippen LogP contribution is 2.69. The minimum absolute atomic E-state index is 0.351. The largest absolute Gasteiger partial charge is 0.370 e. The highest BCUT2D eigenvalue weighted by Gasteiger charge is 2.63. The van der Waals surface area contributed by atoms with Gasteiger partial charge in [-0.05, 0) is 110 Å². The smallest absolute Gasteiger partial charge is 0.0919 e. The molecule has 1 aliphatic heterocycles. The molecule has 1 heteroatoms. The quantitative estimate of drug-likeness (QED) is 0.428. The van der Waals surface area contributed by atoms with E-state index in [-0.39, 0.29) is 0 Å². The van der Waals surface area contributed by atoms with Crippen LogP contribution in [0.1, 0.15) is 112 Å². The fourth-order valence-electron chi connectivity index (χ4n) is 9.70. The van der Waals surface area contributed by atoms with Crippen molar-refractivity contribution in [2.24, 2.45) is 52.3 Å². The SMILES string of the molecule is CC(C)CCC[C@@H](C)[C@H]1CC[C@H]2[C@@H]3CCC4CC5(CC[C@]4(C)[C@H]3CC[C@]12C)CO5. The maximum atomic E-state index is 5.94. The maximum Gasteiger partial charge on any atom is 0.0919 e. The first kappa shape index (κ1) is 20.8. The van der Waals surface area contributed by atoms with E-state index in [0.717, 1.165) is 48.0 Å². The van der Waals surface area contributed by atoms with Crippen LogP contribution in [0, 0.1) is 52.3 Å². The summed E-state index contributed by atoms with van der Waals surface area (Å²) in [5, 5.41) is 0. The van der Waals surface area contributed by atoms with E-state index in [1.807, 2.05) is 0 Å². The molecule has 0 N–H and O–H groups in total. The van der Waals surface area contributed by atoms with E-state index in [1.54, 1.807) is 6.42 Å². The van der Waals surface area contributed by atoms with E-state index in [1.165, 1.54) is 70.6 Å². The molecule has 4 saturated carbocycles. The van der Waals surface area contributed by atoms with E-state index in [4.69, 9.17) is 4.74 Å². The van der Waals surface area contributed by atoms with Crippen molar-refractivity contribution in [3.63, 3.8) is 0 Å². The Morgan fingerprint density at radius 1 is 0.828 bits per heavy atom. The molecule has 4 aliphatic carbocycles. The summed E-state index contributed by atoms with van der Waals surface area (Å²) < 4.78 is 5.94. The van der Waals surface area contributed by atoms with Gasteiger partial charge in [-0.2, -0.15) is 0 Å². The second kappa shape index (κ2) is 7.25. The van der Waals surface area contributed by atoms with Crippen LogP contribution in [-0.2, 0) is 4.74 Å². The second-order valence-electron chi connectivity index (χ2n) is 13.4. The zero-order chi connectivity index (χ0) is 20.4. The van der Waals surface area contributed by atoms with Gasteiger partial charge in [0.05, 0.1) is 12.2 Å². The van der Waals surface area contributed by atoms with Gasteiger partial charge in [0.2, 0.25) is 0 Å². The zero-order valence-electron chi connectivity index (χ0n) is 20.1. The standard InChI is InChI=1S/C28H48O/c1-19(2)7-6-8-20(3)23-11-12-24-22-10-9-21-17-28(18-29-28)16-15-26(21,4)25(22)13-14-27(23,24)5/h19-25H,6-18H2,1-5H3/t20-,21?,22+,23-,24+,25+,26+,27-,28?/m1/s1. The number of ether oxygens (including phenoxy) is 1. The molecule has 2 unspecified atom stereocenters. The van der Waals surface area contributed by atoms with Gasteiger partial charge in [-0.15, -0.1) is 0 Å². The van der Waals surface area contributed by atoms with Gasteiger partial charge in [0.15, 0.2) is 0 Å². The molecule has 5 aliphatic rings. The first-order chi connectivity index (χ1) is 13.8. The van der Waals surface area contributed by atoms with Gasteiger partial charge >= 0.3 is 0 Å². The molecule has 1 heterocycles. The molecule has 166 valence electrons. The third-order valence-corrected chi connectivity index (χ3v) is 11.6. The van der Waals surface area contributed by atoms with Crippen molar-refractivity contribution >= 4 is 0 Å². The minimum Gasteiger partial charge on any atom is -0.370 e. The molecule has 5 fully saturated rings. The summed E-state index contributed by atoms with van der Waals surface area (Å²) in [6.45, 7) is 13.9. The van der Waals surface area contributed by atoms with E-state index >= 15 is 0 Å². The van der Waals surface area contributed by atoms with Gasteiger partial charge < -0.3 is 4.74 Å². The van der Waals surface area contributed by atoms with Crippen molar-refractivity contribution in [1.29, 1.82) is 0 Å². The van der Waals surface area contributed by atoms with Crippen molar-refractivity contribution in [3.8, 4) is 0 Å². The average molecular weight is 401 g/mol. The number of rotatable bonds is 5. The molecule has 0 radical (unpaired) electrons. The van der Waals surface area contributed by atoms with Gasteiger partial charge in [0.25, 0.3) is 0 Å². The van der Waals surface area contributed by atoms with E-state index in [9.17, 15) is 0 Å². The van der Waals surface area contributed by atoms with Gasteiger partial charge in [-0.1, -0.05) is 53.9 Å². The Morgan fingerprint density at radius 2 is 1.59 bits per heavy atom. The van der Waals surface area contributed by atoms with Crippen LogP contribution in [0.4, 0.5) is 0 Å². The van der Waals surface area contributed by atoms with Crippen LogP contribution < -0.4 is 0 Å². The maximum absolute atomic E-state index is 5.94. The number of hydrogen-bond acceptors (Lipinski definition) is 1. The molecule has 0 aromatic heterocycles. The molecule has 0 bridgehead atoms. The summed E-state index contributed by atoms with van der Waals surface area (Å²) in [5.41, 5.74) is 1.63. The average Bonchev–Trinajstić information content (AvgIpc) is 3.33. The summed E-state index contributed by atoms with van der Waals surface area (Å²) >= 11 is 0. The molecular formula is C28H48O. The summed E-state index contributed by atoms with van der Waals surface area (Å²) in [5.74, 6) is 6.86. The van der Waals surface area contributed by atoms with Crippen molar-refractivity contribution < 1.29 is 4.74 Å². The normalized spacial score (nSPS) is 52.1. The highest BCUT2D eigenvalue weighted by molar-refractivity contribution is 5.12. The van der Waals surface area contributed by atoms with Crippen LogP contribution in [0.25, 0.3) is 0 Å². The molecule has 5 rings (SSSR count). The fraction of sp³-hybridized carbons (Fsp3) is 1.00. The second-order valence-corrected chi connectivity index (χ2v) is 13.4. The Bertz CT molecular complexity index is 605. The van der Waals surface area contributed by atoms with E-state index in [2.05, 4.69) is 34.6 Å². The van der Waals surface area contributed by atoms with Gasteiger partial charge in [-0.3, -0.25) is 0 Å². The molecule has 1 nitrogen and oxygen atoms in total. The van der Waals surface area contributed by atoms with Crippen molar-refractivity contribution in [2.75, 3.05) is 6.61 Å². The number of hydrogen-bond donors (Lipinski definition) is 0. The topological polar surface area (TPSA) is 12.5 Å². The highest BCUT2D eigenvalue weighted by atomic mass is 16.6. The van der Waals surface area contributed by atoms with Crippen LogP contribution in [0.5, 0.6) is 0 Å². The Labute approximate surface area is 181 Å². The molecule has 0 aromatic carbocycles. The van der Waals surface area contributed by atoms with Crippen molar-refractivity contribution in [1.82, 2.24) is 0 Å². The number of epoxide rings is 1. The number of fused-ring (bicyclic) bond motifs is 5. The molecule has 0 aromatic rings. The first-order valence-corrected chi connectivity index (χ1v) is 13.4. The molecule has 1 spiro atoms. The van der Waals surface area contributed by atoms with E-state index < -0.39 is 0 Å². The van der Waals surface area contributed by atoms with Crippen molar-refractivity contribution in [2.45, 2.75) is 117 Å². The Hall–Kier alpha value is -0.0400. The predicted octanol–water partition coefficient (Wildman–Crippen LogP) is 7.88. The molecule has 29 heavy (non-hydrogen) atoms. The van der Waals surface area contributed by atoms with Crippen LogP contribution in [0.2, 0.25) is 0 Å². The lowest BCUT2D eigenvalue weighted by molar-refractivity contribution is -0.123. The molecule has 1 saturated heterocycles. The summed E-state index contributed by atoms with van der Waals surface area (Å²) in [6.07, 6.45) is 17.7. The lowest BCUT2D eigenvalue weighted by Gasteiger charge is -2.61. The Balaban J connectivity index is 1.29. The van der Waals surface area contributed by atoms with Crippen LogP contribution in [-0.4, -0.2) is 12.2 Å². The van der Waals surface area contributed by atoms with Gasteiger partial charge in [-0.25, -0.2) is 0 Å². The van der Waals surface area contributed by atoms with Crippen LogP contribution in [0.3, 0.4) is 0 Å². The lowest BCUT2D eigenvalue weighted by Crippen LogP contribution is -2.54. The summed E-state index contributed by atoms with van der Waals surface area (Å²) in [7, 11) is 0. The first-order valence-electron chi connectivity index (χ1n) is 13.4. The van der Waals surface area contributed by atoms with Crippen molar-refractivity contribution in [3.05, 3.63) is 0 Å². The third kappa shape index (κ3) is 3.35. The molecular weight excluding hydrogens is 352 g/mol. The Morgan fingerprint density at radius 3 is 2.31 bits per heavy atom. The summed E-state index contributed by atoms with van der Waals surface area (Å²) in [4.78, 5) is 0. The molecule has 0 amide bonds. The lowest BCUT2D eigenvalue weighted by atomic mass is 9.44. The van der Waals surface area contributed by atoms with E-state index in [0.29, 0.717) is 16.4 Å². The Kier molecular flexibility index (Phi) is 5.21. The van der Waals surface area contributed by atoms with Gasteiger partial charge in [0.1, 0.15) is 0 Å².